The summed E-state index contributed by atoms with van der Waals surface area (Å²) in [6, 6.07) is 10.4. The third-order valence-electron chi connectivity index (χ3n) is 3.01. The molecule has 1 nitrogen and oxygen atoms in total. The molecule has 93 valence electrons. The lowest BCUT2D eigenvalue weighted by molar-refractivity contribution is -0.117. The van der Waals surface area contributed by atoms with Gasteiger partial charge in [-0.25, -0.2) is 0 Å². The molecule has 18 heavy (non-hydrogen) atoms. The molecule has 2 aromatic rings. The minimum absolute atomic E-state index is 0.118. The molecule has 0 amide bonds. The van der Waals surface area contributed by atoms with E-state index in [1.807, 2.05) is 30.5 Å². The van der Waals surface area contributed by atoms with Gasteiger partial charge in [-0.3, -0.25) is 4.79 Å². The maximum Gasteiger partial charge on any atom is 0.141 e. The number of hydrogen-bond donors (Lipinski definition) is 0. The molecule has 2 rings (SSSR count). The van der Waals surface area contributed by atoms with Crippen LogP contribution in [0.1, 0.15) is 36.5 Å². The Kier molecular flexibility index (Phi) is 4.32. The molecule has 0 fully saturated rings. The predicted octanol–water partition coefficient (Wildman–Crippen LogP) is 4.24. The minimum Gasteiger partial charge on any atom is -0.299 e. The topological polar surface area (TPSA) is 17.1 Å². The molecule has 0 spiro atoms. The van der Waals surface area contributed by atoms with Crippen molar-refractivity contribution in [3.05, 3.63) is 64.2 Å². The second-order valence-electron chi connectivity index (χ2n) is 4.46. The number of ketones is 1. The molecule has 0 bridgehead atoms. The van der Waals surface area contributed by atoms with Gasteiger partial charge in [0, 0.05) is 0 Å². The van der Waals surface area contributed by atoms with Crippen LogP contribution >= 0.6 is 11.3 Å². The van der Waals surface area contributed by atoms with Gasteiger partial charge in [0.1, 0.15) is 5.78 Å². The molecule has 1 radical (unpaired) electrons. The summed E-state index contributed by atoms with van der Waals surface area (Å²) in [4.78, 5) is 11.9. The minimum atomic E-state index is -0.118. The first-order valence-corrected chi connectivity index (χ1v) is 7.06. The lowest BCUT2D eigenvalue weighted by atomic mass is 9.89. The van der Waals surface area contributed by atoms with Gasteiger partial charge in [-0.2, -0.15) is 11.3 Å². The van der Waals surface area contributed by atoms with Crippen molar-refractivity contribution in [2.24, 2.45) is 0 Å². The fraction of sp³-hybridized carbons (Fsp3) is 0.250. The van der Waals surface area contributed by atoms with Crippen molar-refractivity contribution >= 4 is 17.1 Å². The molecule has 0 aliphatic carbocycles. The Bertz CT molecular complexity index is 514. The Labute approximate surface area is 112 Å². The third kappa shape index (κ3) is 2.88. The summed E-state index contributed by atoms with van der Waals surface area (Å²) in [6.45, 7) is 3.72. The molecule has 0 saturated carbocycles. The Morgan fingerprint density at radius 1 is 1.33 bits per heavy atom. The number of carbonyl (C=O) groups excluding carboxylic acids is 1. The van der Waals surface area contributed by atoms with Gasteiger partial charge in [-0.15, -0.1) is 0 Å². The maximum absolute atomic E-state index is 11.9. The van der Waals surface area contributed by atoms with Crippen molar-refractivity contribution in [3.8, 4) is 0 Å². The van der Waals surface area contributed by atoms with Crippen LogP contribution in [0.15, 0.2) is 41.1 Å². The quantitative estimate of drug-likeness (QED) is 0.783. The summed E-state index contributed by atoms with van der Waals surface area (Å²) in [7, 11) is 0. The van der Waals surface area contributed by atoms with E-state index >= 15 is 0 Å². The van der Waals surface area contributed by atoms with Crippen molar-refractivity contribution in [1.29, 1.82) is 0 Å². The zero-order chi connectivity index (χ0) is 13.0. The van der Waals surface area contributed by atoms with Crippen molar-refractivity contribution in [1.82, 2.24) is 0 Å². The van der Waals surface area contributed by atoms with E-state index in [0.717, 1.165) is 17.5 Å². The van der Waals surface area contributed by atoms with E-state index in [4.69, 9.17) is 0 Å². The van der Waals surface area contributed by atoms with Crippen LogP contribution in [-0.2, 0) is 11.2 Å². The number of rotatable bonds is 5. The molecule has 1 aromatic carbocycles. The van der Waals surface area contributed by atoms with Crippen LogP contribution in [0.3, 0.4) is 0 Å². The molecule has 2 heteroatoms. The van der Waals surface area contributed by atoms with E-state index in [1.54, 1.807) is 18.3 Å². The second kappa shape index (κ2) is 5.96. The van der Waals surface area contributed by atoms with Crippen LogP contribution in [0.25, 0.3) is 0 Å². The van der Waals surface area contributed by atoms with Crippen LogP contribution in [0, 0.1) is 6.42 Å². The van der Waals surface area contributed by atoms with E-state index in [2.05, 4.69) is 23.9 Å². The van der Waals surface area contributed by atoms with Gasteiger partial charge < -0.3 is 0 Å². The van der Waals surface area contributed by atoms with Gasteiger partial charge >= 0.3 is 0 Å². The average molecular weight is 257 g/mol. The predicted molar refractivity (Wildman–Crippen MR) is 77.0 cm³/mol. The Hall–Kier alpha value is -1.41. The van der Waals surface area contributed by atoms with Crippen LogP contribution in [-0.4, -0.2) is 5.78 Å². The lowest BCUT2D eigenvalue weighted by Crippen LogP contribution is -2.10. The van der Waals surface area contributed by atoms with Gasteiger partial charge in [-0.05, 0) is 53.3 Å². The SMILES string of the molecule is C[CH]Cc1cccc(C(C(C)=O)c2ccsc2)c1. The first-order chi connectivity index (χ1) is 8.72. The number of thiophene rings is 1. The lowest BCUT2D eigenvalue weighted by Gasteiger charge is -2.14. The van der Waals surface area contributed by atoms with E-state index in [9.17, 15) is 4.79 Å². The monoisotopic (exact) mass is 257 g/mol. The first-order valence-electron chi connectivity index (χ1n) is 6.11. The van der Waals surface area contributed by atoms with Crippen molar-refractivity contribution in [2.75, 3.05) is 0 Å². The maximum atomic E-state index is 11.9. The Morgan fingerprint density at radius 3 is 2.78 bits per heavy atom. The summed E-state index contributed by atoms with van der Waals surface area (Å²) in [5.41, 5.74) is 3.46. The van der Waals surface area contributed by atoms with Crippen molar-refractivity contribution in [3.63, 3.8) is 0 Å². The van der Waals surface area contributed by atoms with Gasteiger partial charge in [-0.1, -0.05) is 31.2 Å². The van der Waals surface area contributed by atoms with Crippen LogP contribution in [0.5, 0.6) is 0 Å². The van der Waals surface area contributed by atoms with E-state index in [0.29, 0.717) is 0 Å². The molecule has 0 aliphatic heterocycles. The van der Waals surface area contributed by atoms with E-state index < -0.39 is 0 Å². The van der Waals surface area contributed by atoms with Crippen LogP contribution in [0.4, 0.5) is 0 Å². The van der Waals surface area contributed by atoms with Gasteiger partial charge in [0.25, 0.3) is 0 Å². The van der Waals surface area contributed by atoms with E-state index in [-0.39, 0.29) is 11.7 Å². The normalized spacial score (nSPS) is 12.3. The highest BCUT2D eigenvalue weighted by Gasteiger charge is 2.19. The smallest absolute Gasteiger partial charge is 0.141 e. The fourth-order valence-electron chi connectivity index (χ4n) is 2.24. The Balaban J connectivity index is 2.37. The average Bonchev–Trinajstić information content (AvgIpc) is 2.83. The number of Topliss-reactive ketones (excluding diaryl/α,β-unsaturated/α-hetero) is 1. The number of benzene rings is 1. The van der Waals surface area contributed by atoms with Crippen LogP contribution < -0.4 is 0 Å². The summed E-state index contributed by atoms with van der Waals surface area (Å²) in [6.07, 6.45) is 3.08. The molecule has 0 saturated heterocycles. The van der Waals surface area contributed by atoms with Gasteiger partial charge in [0.2, 0.25) is 0 Å². The standard InChI is InChI=1S/C16H17OS/c1-3-5-13-6-4-7-14(10-13)16(12(2)17)15-8-9-18-11-15/h3-4,6-11,16H,5H2,1-2H3. The molecule has 1 heterocycles. The molecular weight excluding hydrogens is 240 g/mol. The zero-order valence-electron chi connectivity index (χ0n) is 10.7. The van der Waals surface area contributed by atoms with Gasteiger partial charge in [0.05, 0.1) is 5.92 Å². The fourth-order valence-corrected chi connectivity index (χ4v) is 2.92. The Morgan fingerprint density at radius 2 is 2.17 bits per heavy atom. The zero-order valence-corrected chi connectivity index (χ0v) is 11.5. The summed E-state index contributed by atoms with van der Waals surface area (Å²) in [5, 5.41) is 4.08. The molecular formula is C16H17OS. The second-order valence-corrected chi connectivity index (χ2v) is 5.24. The number of hydrogen-bond acceptors (Lipinski definition) is 2. The highest BCUT2D eigenvalue weighted by atomic mass is 32.1. The highest BCUT2D eigenvalue weighted by molar-refractivity contribution is 7.08. The first kappa shape index (κ1) is 13.0. The largest absolute Gasteiger partial charge is 0.299 e. The summed E-state index contributed by atoms with van der Waals surface area (Å²) in [5.74, 6) is 0.0825. The number of carbonyl (C=O) groups is 1. The van der Waals surface area contributed by atoms with Crippen LogP contribution in [0.2, 0.25) is 0 Å². The molecule has 0 aliphatic rings. The van der Waals surface area contributed by atoms with E-state index in [1.165, 1.54) is 5.56 Å². The van der Waals surface area contributed by atoms with Crippen molar-refractivity contribution in [2.45, 2.75) is 26.2 Å². The van der Waals surface area contributed by atoms with Crippen molar-refractivity contribution < 1.29 is 4.79 Å². The van der Waals surface area contributed by atoms with Gasteiger partial charge in [0.15, 0.2) is 0 Å². The molecule has 1 unspecified atom stereocenters. The molecule has 1 aromatic heterocycles. The molecule has 1 atom stereocenters. The molecule has 0 N–H and O–H groups in total. The summed E-state index contributed by atoms with van der Waals surface area (Å²) < 4.78 is 0. The summed E-state index contributed by atoms with van der Waals surface area (Å²) >= 11 is 1.64. The third-order valence-corrected chi connectivity index (χ3v) is 3.71. The highest BCUT2D eigenvalue weighted by Crippen LogP contribution is 2.28.